The first-order valence-corrected chi connectivity index (χ1v) is 16.6. The number of allylic oxidation sites excluding steroid dienone is 8. The Hall–Kier alpha value is -1.08. The number of hydrogen-bond acceptors (Lipinski definition) is 1. The molecule has 0 radical (unpaired) electrons. The second kappa shape index (κ2) is 34.9. The van der Waals surface area contributed by atoms with Crippen LogP contribution in [0.5, 0.6) is 0 Å². The molecular formula is C36H66O. The van der Waals surface area contributed by atoms with Gasteiger partial charge >= 0.3 is 0 Å². The molecule has 1 nitrogen and oxygen atoms in total. The van der Waals surface area contributed by atoms with Crippen LogP contribution in [-0.4, -0.2) is 13.2 Å². The third-order valence-corrected chi connectivity index (χ3v) is 6.98. The van der Waals surface area contributed by atoms with Gasteiger partial charge in [0, 0.05) is 13.2 Å². The SMILES string of the molecule is CCCCC/C=C\C/C=C\CCCCCCCCOCCCCCCCC/C=C\C/C=C\CCCCC. The van der Waals surface area contributed by atoms with E-state index in [1.54, 1.807) is 0 Å². The Labute approximate surface area is 234 Å². The fraction of sp³-hybridized carbons (Fsp3) is 0.778. The lowest BCUT2D eigenvalue weighted by Crippen LogP contribution is -1.97. The van der Waals surface area contributed by atoms with E-state index in [1.807, 2.05) is 0 Å². The summed E-state index contributed by atoms with van der Waals surface area (Å²) in [6.45, 7) is 6.47. The van der Waals surface area contributed by atoms with Crippen LogP contribution in [0.25, 0.3) is 0 Å². The summed E-state index contributed by atoms with van der Waals surface area (Å²) < 4.78 is 5.84. The smallest absolute Gasteiger partial charge is 0.0466 e. The Morgan fingerprint density at radius 2 is 0.622 bits per heavy atom. The van der Waals surface area contributed by atoms with Gasteiger partial charge in [-0.15, -0.1) is 0 Å². The summed E-state index contributed by atoms with van der Waals surface area (Å²) in [5, 5.41) is 0. The maximum absolute atomic E-state index is 5.84. The summed E-state index contributed by atoms with van der Waals surface area (Å²) in [7, 11) is 0. The lowest BCUT2D eigenvalue weighted by atomic mass is 10.1. The van der Waals surface area contributed by atoms with Crippen molar-refractivity contribution >= 4 is 0 Å². The van der Waals surface area contributed by atoms with E-state index in [-0.39, 0.29) is 0 Å². The molecule has 0 aliphatic rings. The number of unbranched alkanes of at least 4 members (excludes halogenated alkanes) is 18. The Kier molecular flexibility index (Phi) is 33.9. The maximum Gasteiger partial charge on any atom is 0.0466 e. The average Bonchev–Trinajstić information content (AvgIpc) is 2.91. The lowest BCUT2D eigenvalue weighted by Gasteiger charge is -2.05. The van der Waals surface area contributed by atoms with Crippen LogP contribution >= 0.6 is 0 Å². The minimum absolute atomic E-state index is 0.967. The normalized spacial score (nSPS) is 12.4. The van der Waals surface area contributed by atoms with Gasteiger partial charge in [0.2, 0.25) is 0 Å². The average molecular weight is 515 g/mol. The zero-order valence-electron chi connectivity index (χ0n) is 25.4. The highest BCUT2D eigenvalue weighted by Gasteiger charge is 1.94. The third-order valence-electron chi connectivity index (χ3n) is 6.98. The molecule has 0 aromatic rings. The van der Waals surface area contributed by atoms with E-state index in [0.717, 1.165) is 26.1 Å². The molecule has 1 heteroatoms. The van der Waals surface area contributed by atoms with Gasteiger partial charge in [0.15, 0.2) is 0 Å². The number of hydrogen-bond donors (Lipinski definition) is 0. The molecule has 0 rings (SSSR count). The molecule has 0 amide bonds. The van der Waals surface area contributed by atoms with Crippen LogP contribution in [-0.2, 0) is 4.74 Å². The van der Waals surface area contributed by atoms with Gasteiger partial charge in [0.05, 0.1) is 0 Å². The van der Waals surface area contributed by atoms with Crippen molar-refractivity contribution in [2.75, 3.05) is 13.2 Å². The second-order valence-electron chi connectivity index (χ2n) is 10.8. The van der Waals surface area contributed by atoms with Crippen molar-refractivity contribution in [3.63, 3.8) is 0 Å². The van der Waals surface area contributed by atoms with Crippen molar-refractivity contribution < 1.29 is 4.74 Å². The Morgan fingerprint density at radius 3 is 0.973 bits per heavy atom. The van der Waals surface area contributed by atoms with E-state index in [0.29, 0.717) is 0 Å². The summed E-state index contributed by atoms with van der Waals surface area (Å²) in [5.74, 6) is 0. The van der Waals surface area contributed by atoms with E-state index in [1.165, 1.54) is 141 Å². The molecule has 0 aromatic carbocycles. The van der Waals surface area contributed by atoms with E-state index < -0.39 is 0 Å². The lowest BCUT2D eigenvalue weighted by molar-refractivity contribution is 0.125. The first-order chi connectivity index (χ1) is 18.4. The van der Waals surface area contributed by atoms with Gasteiger partial charge in [-0.25, -0.2) is 0 Å². The second-order valence-corrected chi connectivity index (χ2v) is 10.8. The predicted molar refractivity (Wildman–Crippen MR) is 170 cm³/mol. The third kappa shape index (κ3) is 34.9. The first kappa shape index (κ1) is 35.9. The van der Waals surface area contributed by atoms with E-state index in [9.17, 15) is 0 Å². The van der Waals surface area contributed by atoms with E-state index in [4.69, 9.17) is 4.74 Å². The van der Waals surface area contributed by atoms with Crippen LogP contribution in [0.1, 0.15) is 168 Å². The van der Waals surface area contributed by atoms with Crippen LogP contribution in [0.15, 0.2) is 48.6 Å². The molecule has 0 saturated heterocycles. The molecule has 0 fully saturated rings. The van der Waals surface area contributed by atoms with Gasteiger partial charge in [0.1, 0.15) is 0 Å². The van der Waals surface area contributed by atoms with Gasteiger partial charge in [-0.2, -0.15) is 0 Å². The molecule has 0 spiro atoms. The number of ether oxygens (including phenoxy) is 1. The standard InChI is InChI=1S/C36H66O/c1-3-5-7-9-11-13-15-17-19-21-23-25-27-29-31-33-35-37-36-34-32-30-28-26-24-22-20-18-16-14-12-10-8-6-4-2/h11-14,17-20H,3-10,15-16,21-36H2,1-2H3/b13-11-,14-12-,19-17-,20-18-. The van der Waals surface area contributed by atoms with Crippen molar-refractivity contribution in [1.29, 1.82) is 0 Å². The topological polar surface area (TPSA) is 9.23 Å². The molecule has 0 bridgehead atoms. The molecule has 0 aliphatic carbocycles. The fourth-order valence-electron chi connectivity index (χ4n) is 4.49. The fourth-order valence-corrected chi connectivity index (χ4v) is 4.49. The van der Waals surface area contributed by atoms with Crippen LogP contribution in [0.3, 0.4) is 0 Å². The molecule has 0 N–H and O–H groups in total. The quantitative estimate of drug-likeness (QED) is 0.0684. The predicted octanol–water partition coefficient (Wildman–Crippen LogP) is 12.6. The van der Waals surface area contributed by atoms with Crippen LogP contribution in [0, 0.1) is 0 Å². The Balaban J connectivity index is 3.16. The summed E-state index contributed by atoms with van der Waals surface area (Å²) in [4.78, 5) is 0. The zero-order chi connectivity index (χ0) is 26.7. The Morgan fingerprint density at radius 1 is 0.324 bits per heavy atom. The molecule has 0 aliphatic heterocycles. The summed E-state index contributed by atoms with van der Waals surface area (Å²) in [6, 6.07) is 0. The van der Waals surface area contributed by atoms with Crippen molar-refractivity contribution in [2.45, 2.75) is 168 Å². The summed E-state index contributed by atoms with van der Waals surface area (Å²) in [5.41, 5.74) is 0. The van der Waals surface area contributed by atoms with Gasteiger partial charge in [-0.1, -0.05) is 140 Å². The molecular weight excluding hydrogens is 448 g/mol. The molecule has 0 unspecified atom stereocenters. The number of rotatable bonds is 30. The van der Waals surface area contributed by atoms with Gasteiger partial charge in [-0.3, -0.25) is 0 Å². The van der Waals surface area contributed by atoms with Gasteiger partial charge in [-0.05, 0) is 77.0 Å². The Bertz CT molecular complexity index is 467. The van der Waals surface area contributed by atoms with Gasteiger partial charge < -0.3 is 4.74 Å². The molecule has 37 heavy (non-hydrogen) atoms. The highest BCUT2D eigenvalue weighted by Crippen LogP contribution is 2.10. The minimum atomic E-state index is 0.967. The maximum atomic E-state index is 5.84. The largest absolute Gasteiger partial charge is 0.381 e. The van der Waals surface area contributed by atoms with Crippen LogP contribution in [0.2, 0.25) is 0 Å². The minimum Gasteiger partial charge on any atom is -0.381 e. The molecule has 0 heterocycles. The van der Waals surface area contributed by atoms with Crippen LogP contribution < -0.4 is 0 Å². The van der Waals surface area contributed by atoms with Crippen molar-refractivity contribution in [3.8, 4) is 0 Å². The van der Waals surface area contributed by atoms with Crippen molar-refractivity contribution in [2.24, 2.45) is 0 Å². The molecule has 0 aromatic heterocycles. The molecule has 216 valence electrons. The zero-order valence-corrected chi connectivity index (χ0v) is 25.4. The van der Waals surface area contributed by atoms with E-state index >= 15 is 0 Å². The molecule has 0 atom stereocenters. The van der Waals surface area contributed by atoms with Crippen LogP contribution in [0.4, 0.5) is 0 Å². The summed E-state index contributed by atoms with van der Waals surface area (Å²) >= 11 is 0. The highest BCUT2D eigenvalue weighted by molar-refractivity contribution is 4.93. The van der Waals surface area contributed by atoms with E-state index in [2.05, 4.69) is 62.5 Å². The first-order valence-electron chi connectivity index (χ1n) is 16.6. The molecule has 0 saturated carbocycles. The van der Waals surface area contributed by atoms with Crippen molar-refractivity contribution in [3.05, 3.63) is 48.6 Å². The monoisotopic (exact) mass is 515 g/mol. The van der Waals surface area contributed by atoms with Crippen molar-refractivity contribution in [1.82, 2.24) is 0 Å². The van der Waals surface area contributed by atoms with Gasteiger partial charge in [0.25, 0.3) is 0 Å². The summed E-state index contributed by atoms with van der Waals surface area (Å²) in [6.07, 6.45) is 50.2. The highest BCUT2D eigenvalue weighted by atomic mass is 16.5.